The molecule has 0 N–H and O–H groups in total. The van der Waals surface area contributed by atoms with Crippen LogP contribution in [-0.4, -0.2) is 12.3 Å². The van der Waals surface area contributed by atoms with Gasteiger partial charge in [-0.1, -0.05) is 44.5 Å². The van der Waals surface area contributed by atoms with Crippen molar-refractivity contribution in [1.29, 1.82) is 0 Å². The molecule has 1 aromatic rings. The second-order valence-corrected chi connectivity index (χ2v) is 6.59. The Hall–Kier alpha value is -1.77. The fraction of sp³-hybridized carbons (Fsp3) is 0.550. The molecule has 0 spiro atoms. The van der Waals surface area contributed by atoms with Gasteiger partial charge in [-0.05, 0) is 62.1 Å². The van der Waals surface area contributed by atoms with Crippen molar-refractivity contribution in [1.82, 2.24) is 0 Å². The largest absolute Gasteiger partial charge is 0.514 e. The van der Waals surface area contributed by atoms with E-state index in [9.17, 15) is 4.79 Å². The molecule has 1 aliphatic rings. The quantitative estimate of drug-likeness (QED) is 0.380. The normalized spacial score (nSPS) is 20.3. The summed E-state index contributed by atoms with van der Waals surface area (Å²) in [7, 11) is 0. The zero-order valence-corrected chi connectivity index (χ0v) is 14.5. The molecule has 0 aromatic heterocycles. The van der Waals surface area contributed by atoms with Crippen molar-refractivity contribution < 1.29 is 14.3 Å². The van der Waals surface area contributed by atoms with Gasteiger partial charge in [0.25, 0.3) is 0 Å². The van der Waals surface area contributed by atoms with Gasteiger partial charge in [0.2, 0.25) is 0 Å². The fourth-order valence-electron chi connectivity index (χ4n) is 3.06. The van der Waals surface area contributed by atoms with Crippen molar-refractivity contribution in [2.45, 2.75) is 59.0 Å². The van der Waals surface area contributed by atoms with Gasteiger partial charge >= 0.3 is 6.16 Å². The Morgan fingerprint density at radius 1 is 1.26 bits per heavy atom. The molecule has 3 heteroatoms. The molecular weight excluding hydrogens is 288 g/mol. The number of para-hydroxylation sites is 1. The third-order valence-corrected chi connectivity index (χ3v) is 4.73. The Morgan fingerprint density at radius 3 is 2.61 bits per heavy atom. The van der Waals surface area contributed by atoms with E-state index in [4.69, 9.17) is 9.47 Å². The van der Waals surface area contributed by atoms with Gasteiger partial charge in [-0.25, -0.2) is 4.79 Å². The fourth-order valence-corrected chi connectivity index (χ4v) is 3.06. The van der Waals surface area contributed by atoms with E-state index in [2.05, 4.69) is 19.9 Å². The molecule has 2 rings (SSSR count). The first-order valence-electron chi connectivity index (χ1n) is 8.71. The molecule has 3 unspecified atom stereocenters. The van der Waals surface area contributed by atoms with Crippen LogP contribution in [0.4, 0.5) is 4.79 Å². The highest BCUT2D eigenvalue weighted by atomic mass is 16.7. The predicted molar refractivity (Wildman–Crippen MR) is 92.5 cm³/mol. The van der Waals surface area contributed by atoms with Crippen LogP contribution >= 0.6 is 0 Å². The number of carbonyl (C=O) groups is 1. The molecule has 0 bridgehead atoms. The Kier molecular flexibility index (Phi) is 6.69. The lowest BCUT2D eigenvalue weighted by Crippen LogP contribution is -2.22. The van der Waals surface area contributed by atoms with Gasteiger partial charge in [-0.15, -0.1) is 0 Å². The molecule has 126 valence electrons. The SMILES string of the molecule is CCC(C)CC1CC=C(C(C)OC(=O)Oc2ccccc2)CC1. The first-order valence-corrected chi connectivity index (χ1v) is 8.71. The monoisotopic (exact) mass is 316 g/mol. The summed E-state index contributed by atoms with van der Waals surface area (Å²) in [5, 5.41) is 0. The van der Waals surface area contributed by atoms with Crippen LogP contribution in [0.3, 0.4) is 0 Å². The molecule has 1 aliphatic carbocycles. The molecule has 0 saturated heterocycles. The maximum absolute atomic E-state index is 11.8. The maximum atomic E-state index is 11.8. The van der Waals surface area contributed by atoms with Crippen LogP contribution in [0.15, 0.2) is 42.0 Å². The summed E-state index contributed by atoms with van der Waals surface area (Å²) in [5.41, 5.74) is 1.22. The third kappa shape index (κ3) is 5.74. The average Bonchev–Trinajstić information content (AvgIpc) is 2.56. The van der Waals surface area contributed by atoms with Crippen LogP contribution in [0.1, 0.15) is 52.9 Å². The zero-order chi connectivity index (χ0) is 16.7. The van der Waals surface area contributed by atoms with E-state index in [1.165, 1.54) is 24.8 Å². The van der Waals surface area contributed by atoms with Crippen LogP contribution in [0.25, 0.3) is 0 Å². The summed E-state index contributed by atoms with van der Waals surface area (Å²) in [6, 6.07) is 9.01. The standard InChI is InChI=1S/C20H28O3/c1-4-15(2)14-17-10-12-18(13-11-17)16(3)22-20(21)23-19-8-6-5-7-9-19/h5-9,12,15-17H,4,10-11,13-14H2,1-3H3. The van der Waals surface area contributed by atoms with Crippen molar-refractivity contribution in [3.8, 4) is 5.75 Å². The van der Waals surface area contributed by atoms with Gasteiger partial charge < -0.3 is 9.47 Å². The first-order chi connectivity index (χ1) is 11.1. The molecule has 0 aliphatic heterocycles. The molecule has 0 radical (unpaired) electrons. The molecule has 23 heavy (non-hydrogen) atoms. The lowest BCUT2D eigenvalue weighted by molar-refractivity contribution is 0.0762. The Bertz CT molecular complexity index is 521. The number of ether oxygens (including phenoxy) is 2. The highest BCUT2D eigenvalue weighted by Gasteiger charge is 2.22. The minimum absolute atomic E-state index is 0.212. The van der Waals surface area contributed by atoms with E-state index in [1.54, 1.807) is 12.1 Å². The van der Waals surface area contributed by atoms with Gasteiger partial charge in [0.05, 0.1) is 0 Å². The maximum Gasteiger partial charge on any atom is 0.514 e. The number of benzene rings is 1. The van der Waals surface area contributed by atoms with Gasteiger partial charge in [0.1, 0.15) is 11.9 Å². The van der Waals surface area contributed by atoms with Crippen molar-refractivity contribution in [3.63, 3.8) is 0 Å². The van der Waals surface area contributed by atoms with E-state index in [1.807, 2.05) is 25.1 Å². The number of hydrogen-bond donors (Lipinski definition) is 0. The van der Waals surface area contributed by atoms with Gasteiger partial charge in [-0.2, -0.15) is 0 Å². The van der Waals surface area contributed by atoms with E-state index in [0.717, 1.165) is 24.7 Å². The molecule has 0 fully saturated rings. The average molecular weight is 316 g/mol. The van der Waals surface area contributed by atoms with Crippen molar-refractivity contribution in [2.24, 2.45) is 11.8 Å². The zero-order valence-electron chi connectivity index (χ0n) is 14.5. The minimum atomic E-state index is -0.633. The highest BCUT2D eigenvalue weighted by molar-refractivity contribution is 5.64. The summed E-state index contributed by atoms with van der Waals surface area (Å²) in [6.07, 6.45) is 7.27. The van der Waals surface area contributed by atoms with Crippen LogP contribution < -0.4 is 4.74 Å². The van der Waals surface area contributed by atoms with E-state index >= 15 is 0 Å². The summed E-state index contributed by atoms with van der Waals surface area (Å²) >= 11 is 0. The molecule has 0 amide bonds. The van der Waals surface area contributed by atoms with Crippen LogP contribution in [0.2, 0.25) is 0 Å². The number of allylic oxidation sites excluding steroid dienone is 1. The first kappa shape index (κ1) is 17.6. The third-order valence-electron chi connectivity index (χ3n) is 4.73. The number of rotatable bonds is 6. The second-order valence-electron chi connectivity index (χ2n) is 6.59. The Balaban J connectivity index is 1.79. The van der Waals surface area contributed by atoms with Crippen molar-refractivity contribution >= 4 is 6.16 Å². The molecular formula is C20H28O3. The van der Waals surface area contributed by atoms with Gasteiger partial charge in [0.15, 0.2) is 0 Å². The van der Waals surface area contributed by atoms with Crippen LogP contribution in [0.5, 0.6) is 5.75 Å². The lowest BCUT2D eigenvalue weighted by Gasteiger charge is -2.26. The molecule has 3 atom stereocenters. The Morgan fingerprint density at radius 2 is 2.00 bits per heavy atom. The highest BCUT2D eigenvalue weighted by Crippen LogP contribution is 2.31. The van der Waals surface area contributed by atoms with Crippen LogP contribution in [0, 0.1) is 11.8 Å². The predicted octanol–water partition coefficient (Wildman–Crippen LogP) is 5.75. The molecule has 1 aromatic carbocycles. The van der Waals surface area contributed by atoms with Crippen LogP contribution in [-0.2, 0) is 4.74 Å². The van der Waals surface area contributed by atoms with Gasteiger partial charge in [0, 0.05) is 0 Å². The molecule has 0 saturated carbocycles. The van der Waals surface area contributed by atoms with E-state index < -0.39 is 6.16 Å². The molecule has 3 nitrogen and oxygen atoms in total. The summed E-state index contributed by atoms with van der Waals surface area (Å²) < 4.78 is 10.6. The summed E-state index contributed by atoms with van der Waals surface area (Å²) in [6.45, 7) is 6.50. The second kappa shape index (κ2) is 8.76. The smallest absolute Gasteiger partial charge is 0.426 e. The number of hydrogen-bond acceptors (Lipinski definition) is 3. The lowest BCUT2D eigenvalue weighted by atomic mass is 9.82. The Labute approximate surface area is 139 Å². The topological polar surface area (TPSA) is 35.5 Å². The minimum Gasteiger partial charge on any atom is -0.426 e. The van der Waals surface area contributed by atoms with Crippen molar-refractivity contribution in [2.75, 3.05) is 0 Å². The van der Waals surface area contributed by atoms with Crippen molar-refractivity contribution in [3.05, 3.63) is 42.0 Å². The van der Waals surface area contributed by atoms with E-state index in [0.29, 0.717) is 5.75 Å². The number of carbonyl (C=O) groups excluding carboxylic acids is 1. The van der Waals surface area contributed by atoms with E-state index in [-0.39, 0.29) is 6.10 Å². The van der Waals surface area contributed by atoms with Gasteiger partial charge in [-0.3, -0.25) is 0 Å². The summed E-state index contributed by atoms with van der Waals surface area (Å²) in [4.78, 5) is 11.8. The summed E-state index contributed by atoms with van der Waals surface area (Å²) in [5.74, 6) is 2.08. The molecule has 0 heterocycles.